The summed E-state index contributed by atoms with van der Waals surface area (Å²) in [7, 11) is 0. The van der Waals surface area contributed by atoms with Gasteiger partial charge < -0.3 is 4.74 Å². The molecule has 1 aromatic heterocycles. The van der Waals surface area contributed by atoms with Gasteiger partial charge in [0.2, 0.25) is 5.01 Å². The van der Waals surface area contributed by atoms with Crippen LogP contribution in [0.1, 0.15) is 34.1 Å². The maximum Gasteiger partial charge on any atom is 0.367 e. The molecule has 100 valence electrons. The molecule has 0 radical (unpaired) electrons. The summed E-state index contributed by atoms with van der Waals surface area (Å²) >= 11 is 1.38. The van der Waals surface area contributed by atoms with Crippen molar-refractivity contribution in [3.05, 3.63) is 39.7 Å². The summed E-state index contributed by atoms with van der Waals surface area (Å²) in [6, 6.07) is 8.29. The summed E-state index contributed by atoms with van der Waals surface area (Å²) in [5.74, 6) is -0.341. The third kappa shape index (κ3) is 3.01. The fraction of sp³-hybridized carbons (Fsp3) is 0.333. The van der Waals surface area contributed by atoms with Crippen molar-refractivity contribution in [1.29, 1.82) is 0 Å². The Morgan fingerprint density at radius 1 is 1.26 bits per heavy atom. The predicted molar refractivity (Wildman–Crippen MR) is 77.6 cm³/mol. The highest BCUT2D eigenvalue weighted by Crippen LogP contribution is 2.28. The molecule has 0 bridgehead atoms. The topological polar surface area (TPSA) is 39.2 Å². The lowest BCUT2D eigenvalue weighted by Crippen LogP contribution is -2.03. The number of esters is 1. The van der Waals surface area contributed by atoms with Crippen LogP contribution in [-0.4, -0.2) is 17.6 Å². The molecule has 1 heterocycles. The molecule has 0 aliphatic rings. The predicted octanol–water partition coefficient (Wildman–Crippen LogP) is 3.86. The zero-order valence-electron chi connectivity index (χ0n) is 11.4. The van der Waals surface area contributed by atoms with Crippen molar-refractivity contribution in [2.24, 2.45) is 0 Å². The van der Waals surface area contributed by atoms with E-state index in [2.05, 4.69) is 36.2 Å². The molecule has 2 rings (SSSR count). The summed E-state index contributed by atoms with van der Waals surface area (Å²) in [6.45, 7) is 6.27. The Labute approximate surface area is 117 Å². The number of carbonyl (C=O) groups is 1. The van der Waals surface area contributed by atoms with E-state index in [0.29, 0.717) is 11.6 Å². The highest BCUT2D eigenvalue weighted by molar-refractivity contribution is 7.13. The van der Waals surface area contributed by atoms with Crippen LogP contribution >= 0.6 is 11.3 Å². The van der Waals surface area contributed by atoms with Crippen LogP contribution in [0, 0.1) is 6.92 Å². The molecule has 19 heavy (non-hydrogen) atoms. The second kappa shape index (κ2) is 5.97. The second-order valence-electron chi connectivity index (χ2n) is 4.19. The van der Waals surface area contributed by atoms with E-state index in [1.807, 2.05) is 6.92 Å². The minimum absolute atomic E-state index is 0.341. The molecular weight excluding hydrogens is 258 g/mol. The number of rotatable bonds is 4. The van der Waals surface area contributed by atoms with Crippen LogP contribution in [-0.2, 0) is 11.2 Å². The first-order valence-electron chi connectivity index (χ1n) is 6.39. The number of hydrogen-bond acceptors (Lipinski definition) is 4. The second-order valence-corrected chi connectivity index (χ2v) is 5.40. The normalized spacial score (nSPS) is 10.5. The number of aryl methyl sites for hydroxylation is 2. The molecule has 3 nitrogen and oxygen atoms in total. The summed E-state index contributed by atoms with van der Waals surface area (Å²) < 4.78 is 4.98. The van der Waals surface area contributed by atoms with Crippen LogP contribution in [0.2, 0.25) is 0 Å². The zero-order valence-corrected chi connectivity index (χ0v) is 12.2. The van der Waals surface area contributed by atoms with Crippen molar-refractivity contribution < 1.29 is 9.53 Å². The lowest BCUT2D eigenvalue weighted by atomic mass is 10.1. The smallest absolute Gasteiger partial charge is 0.367 e. The SMILES string of the molecule is CCOC(=O)c1nc(-c2ccc(CC)cc2)c(C)s1. The van der Waals surface area contributed by atoms with Crippen LogP contribution < -0.4 is 0 Å². The van der Waals surface area contributed by atoms with Gasteiger partial charge in [-0.15, -0.1) is 11.3 Å². The average Bonchev–Trinajstić information content (AvgIpc) is 2.81. The van der Waals surface area contributed by atoms with Gasteiger partial charge in [0.1, 0.15) is 0 Å². The quantitative estimate of drug-likeness (QED) is 0.795. The number of carbonyl (C=O) groups excluding carboxylic acids is 1. The lowest BCUT2D eigenvalue weighted by Gasteiger charge is -2.00. The minimum Gasteiger partial charge on any atom is -0.461 e. The molecule has 4 heteroatoms. The first-order valence-corrected chi connectivity index (χ1v) is 7.21. The van der Waals surface area contributed by atoms with E-state index in [1.165, 1.54) is 16.9 Å². The first kappa shape index (κ1) is 13.7. The molecule has 0 saturated heterocycles. The molecule has 0 atom stereocenters. The average molecular weight is 275 g/mol. The van der Waals surface area contributed by atoms with E-state index >= 15 is 0 Å². The van der Waals surface area contributed by atoms with Gasteiger partial charge in [0, 0.05) is 10.4 Å². The largest absolute Gasteiger partial charge is 0.461 e. The zero-order chi connectivity index (χ0) is 13.8. The molecule has 2 aromatic rings. The Balaban J connectivity index is 2.31. The maximum atomic E-state index is 11.7. The van der Waals surface area contributed by atoms with Crippen molar-refractivity contribution in [3.63, 3.8) is 0 Å². The summed E-state index contributed by atoms with van der Waals surface area (Å²) in [6.07, 6.45) is 1.02. The van der Waals surface area contributed by atoms with Crippen molar-refractivity contribution in [1.82, 2.24) is 4.98 Å². The van der Waals surface area contributed by atoms with Gasteiger partial charge in [-0.1, -0.05) is 31.2 Å². The molecule has 0 saturated carbocycles. The van der Waals surface area contributed by atoms with Crippen molar-refractivity contribution in [2.75, 3.05) is 6.61 Å². The third-order valence-corrected chi connectivity index (χ3v) is 3.83. The van der Waals surface area contributed by atoms with Crippen LogP contribution in [0.5, 0.6) is 0 Å². The van der Waals surface area contributed by atoms with Crippen LogP contribution in [0.15, 0.2) is 24.3 Å². The lowest BCUT2D eigenvalue weighted by molar-refractivity contribution is 0.0526. The fourth-order valence-electron chi connectivity index (χ4n) is 1.84. The monoisotopic (exact) mass is 275 g/mol. The number of nitrogens with zero attached hydrogens (tertiary/aromatic N) is 1. The summed E-state index contributed by atoms with van der Waals surface area (Å²) in [5.41, 5.74) is 3.21. The van der Waals surface area contributed by atoms with Gasteiger partial charge in [-0.2, -0.15) is 0 Å². The van der Waals surface area contributed by atoms with Crippen molar-refractivity contribution in [3.8, 4) is 11.3 Å². The van der Waals surface area contributed by atoms with E-state index in [9.17, 15) is 4.79 Å². The number of ether oxygens (including phenoxy) is 1. The van der Waals surface area contributed by atoms with Crippen LogP contribution in [0.3, 0.4) is 0 Å². The molecule has 0 N–H and O–H groups in total. The van der Waals surface area contributed by atoms with Gasteiger partial charge in [0.05, 0.1) is 12.3 Å². The number of thiazole rings is 1. The number of aromatic nitrogens is 1. The van der Waals surface area contributed by atoms with Gasteiger partial charge in [-0.05, 0) is 25.8 Å². The van der Waals surface area contributed by atoms with Gasteiger partial charge in [0.25, 0.3) is 0 Å². The van der Waals surface area contributed by atoms with Crippen molar-refractivity contribution >= 4 is 17.3 Å². The van der Waals surface area contributed by atoms with Gasteiger partial charge in [-0.3, -0.25) is 0 Å². The Morgan fingerprint density at radius 2 is 1.95 bits per heavy atom. The Bertz CT molecular complexity index is 572. The van der Waals surface area contributed by atoms with Gasteiger partial charge in [0.15, 0.2) is 0 Å². The van der Waals surface area contributed by atoms with Gasteiger partial charge >= 0.3 is 5.97 Å². The molecular formula is C15H17NO2S. The third-order valence-electron chi connectivity index (χ3n) is 2.88. The molecule has 0 fully saturated rings. The standard InChI is InChI=1S/C15H17NO2S/c1-4-11-6-8-12(9-7-11)13-10(3)19-14(16-13)15(17)18-5-2/h6-9H,4-5H2,1-3H3. The van der Waals surface area contributed by atoms with E-state index in [4.69, 9.17) is 4.74 Å². The molecule has 0 spiro atoms. The van der Waals surface area contributed by atoms with E-state index < -0.39 is 0 Å². The molecule has 0 unspecified atom stereocenters. The molecule has 0 aliphatic heterocycles. The molecule has 0 amide bonds. The number of hydrogen-bond donors (Lipinski definition) is 0. The minimum atomic E-state index is -0.341. The Kier molecular flexibility index (Phi) is 4.32. The Hall–Kier alpha value is -1.68. The van der Waals surface area contributed by atoms with E-state index in [1.54, 1.807) is 6.92 Å². The highest BCUT2D eigenvalue weighted by Gasteiger charge is 2.16. The fourth-order valence-corrected chi connectivity index (χ4v) is 2.67. The first-order chi connectivity index (χ1) is 9.15. The molecule has 1 aromatic carbocycles. The van der Waals surface area contributed by atoms with Gasteiger partial charge in [-0.25, -0.2) is 9.78 Å². The van der Waals surface area contributed by atoms with E-state index in [0.717, 1.165) is 22.6 Å². The van der Waals surface area contributed by atoms with Crippen LogP contribution in [0.25, 0.3) is 11.3 Å². The highest BCUT2D eigenvalue weighted by atomic mass is 32.1. The summed E-state index contributed by atoms with van der Waals surface area (Å²) in [4.78, 5) is 17.1. The maximum absolute atomic E-state index is 11.7. The van der Waals surface area contributed by atoms with Crippen molar-refractivity contribution in [2.45, 2.75) is 27.2 Å². The summed E-state index contributed by atoms with van der Waals surface area (Å²) in [5, 5.41) is 0.425. The van der Waals surface area contributed by atoms with Crippen LogP contribution in [0.4, 0.5) is 0 Å². The molecule has 0 aliphatic carbocycles. The Morgan fingerprint density at radius 3 is 2.53 bits per heavy atom. The van der Waals surface area contributed by atoms with E-state index in [-0.39, 0.29) is 5.97 Å². The number of benzene rings is 1.